The van der Waals surface area contributed by atoms with Crippen molar-refractivity contribution in [3.05, 3.63) is 57.5 Å². The van der Waals surface area contributed by atoms with Gasteiger partial charge in [-0.05, 0) is 44.7 Å². The van der Waals surface area contributed by atoms with E-state index in [4.69, 9.17) is 0 Å². The molecule has 3 rings (SSSR count). The van der Waals surface area contributed by atoms with Crippen molar-refractivity contribution in [3.63, 3.8) is 0 Å². The second-order valence-corrected chi connectivity index (χ2v) is 6.52. The molecule has 1 amide bonds. The third-order valence-electron chi connectivity index (χ3n) is 4.45. The largest absolute Gasteiger partial charge is 0.418 e. The minimum atomic E-state index is -4.59. The molecule has 1 unspecified atom stereocenters. The van der Waals surface area contributed by atoms with Crippen LogP contribution in [0.3, 0.4) is 0 Å². The van der Waals surface area contributed by atoms with Crippen molar-refractivity contribution < 1.29 is 18.0 Å². The number of nitrogens with zero attached hydrogens (tertiary/aromatic N) is 2. The Balaban J connectivity index is 2.04. The standard InChI is InChI=1S/C18H18F3N3O2/c1-10-9-15(25)16(17(26)22-11(2)12-7-8-12)23-24(10)14-6-4-3-5-13(14)18(19,20)21/h3-6,9,11-12H,7-8H2,1-2H3,(H,22,26). The van der Waals surface area contributed by atoms with Gasteiger partial charge in [-0.15, -0.1) is 0 Å². The van der Waals surface area contributed by atoms with Gasteiger partial charge in [-0.25, -0.2) is 4.68 Å². The number of rotatable bonds is 4. The van der Waals surface area contributed by atoms with Crippen LogP contribution in [0.1, 0.15) is 41.5 Å². The van der Waals surface area contributed by atoms with Crippen molar-refractivity contribution in [2.24, 2.45) is 5.92 Å². The maximum absolute atomic E-state index is 13.3. The van der Waals surface area contributed by atoms with Crippen molar-refractivity contribution in [1.29, 1.82) is 0 Å². The number of amides is 1. The van der Waals surface area contributed by atoms with Crippen LogP contribution in [0.5, 0.6) is 0 Å². The van der Waals surface area contributed by atoms with E-state index in [1.54, 1.807) is 0 Å². The number of nitrogens with one attached hydrogen (secondary N) is 1. The SMILES string of the molecule is Cc1cc(=O)c(C(=O)NC(C)C2CC2)nn1-c1ccccc1C(F)(F)F. The zero-order valence-corrected chi connectivity index (χ0v) is 14.3. The number of halogens is 3. The van der Waals surface area contributed by atoms with Crippen molar-refractivity contribution in [1.82, 2.24) is 15.1 Å². The van der Waals surface area contributed by atoms with Crippen LogP contribution in [0.4, 0.5) is 13.2 Å². The van der Waals surface area contributed by atoms with Gasteiger partial charge >= 0.3 is 6.18 Å². The Morgan fingerprint density at radius 2 is 1.96 bits per heavy atom. The van der Waals surface area contributed by atoms with Gasteiger partial charge in [0, 0.05) is 17.8 Å². The van der Waals surface area contributed by atoms with Crippen LogP contribution in [-0.2, 0) is 6.18 Å². The molecule has 138 valence electrons. The van der Waals surface area contributed by atoms with Crippen molar-refractivity contribution in [3.8, 4) is 5.69 Å². The second kappa shape index (κ2) is 6.59. The zero-order chi connectivity index (χ0) is 19.1. The average Bonchev–Trinajstić information content (AvgIpc) is 3.39. The number of hydrogen-bond acceptors (Lipinski definition) is 3. The quantitative estimate of drug-likeness (QED) is 0.906. The van der Waals surface area contributed by atoms with E-state index in [2.05, 4.69) is 10.4 Å². The molecule has 0 saturated heterocycles. The summed E-state index contributed by atoms with van der Waals surface area (Å²) in [7, 11) is 0. The summed E-state index contributed by atoms with van der Waals surface area (Å²) in [6.07, 6.45) is -2.57. The Labute approximate surface area is 147 Å². The third-order valence-corrected chi connectivity index (χ3v) is 4.45. The lowest BCUT2D eigenvalue weighted by molar-refractivity contribution is -0.137. The van der Waals surface area contributed by atoms with Crippen molar-refractivity contribution in [2.45, 2.75) is 38.9 Å². The molecular weight excluding hydrogens is 347 g/mol. The van der Waals surface area contributed by atoms with E-state index < -0.39 is 28.8 Å². The summed E-state index contributed by atoms with van der Waals surface area (Å²) in [6, 6.07) is 5.91. The summed E-state index contributed by atoms with van der Waals surface area (Å²) in [5, 5.41) is 6.65. The maximum Gasteiger partial charge on any atom is 0.418 e. The minimum absolute atomic E-state index is 0.110. The Bertz CT molecular complexity index is 901. The Morgan fingerprint density at radius 1 is 1.31 bits per heavy atom. The summed E-state index contributed by atoms with van der Waals surface area (Å²) in [6.45, 7) is 3.30. The van der Waals surface area contributed by atoms with Gasteiger partial charge in [0.15, 0.2) is 5.69 Å². The fourth-order valence-electron chi connectivity index (χ4n) is 2.84. The van der Waals surface area contributed by atoms with Crippen LogP contribution < -0.4 is 10.7 Å². The molecule has 1 N–H and O–H groups in total. The van der Waals surface area contributed by atoms with E-state index in [1.807, 2.05) is 6.92 Å². The predicted molar refractivity (Wildman–Crippen MR) is 89.2 cm³/mol. The Kier molecular flexibility index (Phi) is 4.60. The van der Waals surface area contributed by atoms with Gasteiger partial charge in [0.1, 0.15) is 0 Å². The van der Waals surface area contributed by atoms with Crippen LogP contribution in [-0.4, -0.2) is 21.7 Å². The zero-order valence-electron chi connectivity index (χ0n) is 14.3. The normalized spacial score (nSPS) is 15.6. The number of alkyl halides is 3. The molecule has 5 nitrogen and oxygen atoms in total. The van der Waals surface area contributed by atoms with E-state index in [0.29, 0.717) is 5.92 Å². The number of carbonyl (C=O) groups is 1. The molecule has 0 bridgehead atoms. The first-order valence-electron chi connectivity index (χ1n) is 8.27. The van der Waals surface area contributed by atoms with Crippen molar-refractivity contribution in [2.75, 3.05) is 0 Å². The van der Waals surface area contributed by atoms with E-state index in [-0.39, 0.29) is 17.4 Å². The molecule has 1 aliphatic rings. The van der Waals surface area contributed by atoms with Gasteiger partial charge in [0.05, 0.1) is 11.3 Å². The molecule has 1 aromatic heterocycles. The average molecular weight is 365 g/mol. The lowest BCUT2D eigenvalue weighted by atomic mass is 10.1. The topological polar surface area (TPSA) is 64.0 Å². The van der Waals surface area contributed by atoms with E-state index in [9.17, 15) is 22.8 Å². The third kappa shape index (κ3) is 3.63. The van der Waals surface area contributed by atoms with Crippen LogP contribution in [0, 0.1) is 12.8 Å². The summed E-state index contributed by atoms with van der Waals surface area (Å²) < 4.78 is 40.9. The highest BCUT2D eigenvalue weighted by molar-refractivity contribution is 5.92. The van der Waals surface area contributed by atoms with Gasteiger partial charge in [0.2, 0.25) is 5.43 Å². The molecule has 2 aromatic rings. The lowest BCUT2D eigenvalue weighted by Gasteiger charge is -2.17. The summed E-state index contributed by atoms with van der Waals surface area (Å²) >= 11 is 0. The fraction of sp³-hybridized carbons (Fsp3) is 0.389. The molecule has 26 heavy (non-hydrogen) atoms. The van der Waals surface area contributed by atoms with Gasteiger partial charge in [-0.3, -0.25) is 9.59 Å². The number of aromatic nitrogens is 2. The van der Waals surface area contributed by atoms with Crippen LogP contribution in [0.2, 0.25) is 0 Å². The highest BCUT2D eigenvalue weighted by atomic mass is 19.4. The van der Waals surface area contributed by atoms with Gasteiger partial charge < -0.3 is 5.32 Å². The first-order chi connectivity index (χ1) is 12.2. The number of hydrogen-bond donors (Lipinski definition) is 1. The number of benzene rings is 1. The molecule has 1 saturated carbocycles. The predicted octanol–water partition coefficient (Wildman–Crippen LogP) is 3.09. The molecule has 1 atom stereocenters. The number of carbonyl (C=O) groups excluding carboxylic acids is 1. The van der Waals surface area contributed by atoms with Crippen molar-refractivity contribution >= 4 is 5.91 Å². The number of para-hydroxylation sites is 1. The maximum atomic E-state index is 13.3. The molecule has 0 spiro atoms. The first kappa shape index (κ1) is 18.2. The van der Waals surface area contributed by atoms with Gasteiger partial charge in [0.25, 0.3) is 5.91 Å². The van der Waals surface area contributed by atoms with E-state index in [1.165, 1.54) is 25.1 Å². The lowest BCUT2D eigenvalue weighted by Crippen LogP contribution is -2.38. The molecule has 8 heteroatoms. The monoisotopic (exact) mass is 365 g/mol. The van der Waals surface area contributed by atoms with Gasteiger partial charge in [-0.2, -0.15) is 18.3 Å². The fourth-order valence-corrected chi connectivity index (χ4v) is 2.84. The highest BCUT2D eigenvalue weighted by Gasteiger charge is 2.34. The summed E-state index contributed by atoms with van der Waals surface area (Å²) in [5.74, 6) is -0.301. The molecule has 1 fully saturated rings. The van der Waals surface area contributed by atoms with Crippen LogP contribution >= 0.6 is 0 Å². The van der Waals surface area contributed by atoms with E-state index in [0.717, 1.165) is 29.7 Å². The summed E-state index contributed by atoms with van der Waals surface area (Å²) in [5.41, 5.74) is -1.96. The molecule has 1 heterocycles. The van der Waals surface area contributed by atoms with E-state index >= 15 is 0 Å². The molecular formula is C18H18F3N3O2. The molecule has 1 aromatic carbocycles. The smallest absolute Gasteiger partial charge is 0.348 e. The highest BCUT2D eigenvalue weighted by Crippen LogP contribution is 2.34. The van der Waals surface area contributed by atoms with Crippen LogP contribution in [0.15, 0.2) is 35.1 Å². The molecule has 1 aliphatic carbocycles. The minimum Gasteiger partial charge on any atom is -0.348 e. The Morgan fingerprint density at radius 3 is 2.58 bits per heavy atom. The molecule has 0 radical (unpaired) electrons. The first-order valence-corrected chi connectivity index (χ1v) is 8.27. The van der Waals surface area contributed by atoms with Gasteiger partial charge in [-0.1, -0.05) is 12.1 Å². The number of aryl methyl sites for hydroxylation is 1. The summed E-state index contributed by atoms with van der Waals surface area (Å²) in [4.78, 5) is 24.5. The molecule has 0 aliphatic heterocycles. The van der Waals surface area contributed by atoms with Crippen LogP contribution in [0.25, 0.3) is 5.69 Å². The Hall–Kier alpha value is -2.64. The second-order valence-electron chi connectivity index (χ2n) is 6.52.